The predicted molar refractivity (Wildman–Crippen MR) is 115 cm³/mol. The first-order valence-electron chi connectivity index (χ1n) is 10.1. The number of carbonyl (C=O) groups is 1. The summed E-state index contributed by atoms with van der Waals surface area (Å²) < 4.78 is 1.31. The summed E-state index contributed by atoms with van der Waals surface area (Å²) in [5, 5.41) is 0. The van der Waals surface area contributed by atoms with Crippen LogP contribution in [-0.2, 0) is 11.3 Å². The number of amides is 1. The zero-order valence-corrected chi connectivity index (χ0v) is 16.8. The van der Waals surface area contributed by atoms with Gasteiger partial charge in [-0.25, -0.2) is 4.79 Å². The van der Waals surface area contributed by atoms with Gasteiger partial charge in [-0.05, 0) is 30.7 Å². The molecule has 0 bridgehead atoms. The van der Waals surface area contributed by atoms with E-state index in [1.165, 1.54) is 9.47 Å². The van der Waals surface area contributed by atoms with Crippen LogP contribution >= 0.6 is 0 Å². The van der Waals surface area contributed by atoms with Crippen molar-refractivity contribution >= 4 is 17.4 Å². The van der Waals surface area contributed by atoms with Gasteiger partial charge in [-0.1, -0.05) is 55.8 Å². The number of nitrogens with one attached hydrogen (secondary N) is 1. The number of nitrogen functional groups attached to an aromatic ring is 1. The molecule has 1 heterocycles. The lowest BCUT2D eigenvalue weighted by Gasteiger charge is -2.25. The molecule has 3 N–H and O–H groups in total. The molecule has 0 fully saturated rings. The molecule has 1 unspecified atom stereocenters. The average Bonchev–Trinajstić information content (AvgIpc) is 3.21. The SMILES string of the molecule is CCCCN(C(=O)CC1C=CCC1)c1c(N)n(Cc2ccccc2)c(=O)[nH]c1=O. The van der Waals surface area contributed by atoms with Gasteiger partial charge >= 0.3 is 5.69 Å². The highest BCUT2D eigenvalue weighted by Gasteiger charge is 2.26. The molecule has 154 valence electrons. The number of carbonyl (C=O) groups excluding carboxylic acids is 1. The molecular weight excluding hydrogens is 368 g/mol. The summed E-state index contributed by atoms with van der Waals surface area (Å²) in [5.74, 6) is 0.0632. The number of H-pyrrole nitrogens is 1. The molecule has 0 saturated heterocycles. The Kier molecular flexibility index (Phi) is 6.69. The third-order valence-electron chi connectivity index (χ3n) is 5.25. The van der Waals surface area contributed by atoms with Crippen LogP contribution in [0.2, 0.25) is 0 Å². The molecule has 7 heteroatoms. The lowest BCUT2D eigenvalue weighted by Crippen LogP contribution is -2.42. The lowest BCUT2D eigenvalue weighted by molar-refractivity contribution is -0.119. The minimum Gasteiger partial charge on any atom is -0.383 e. The van der Waals surface area contributed by atoms with Gasteiger partial charge in [-0.15, -0.1) is 0 Å². The smallest absolute Gasteiger partial charge is 0.330 e. The Hall–Kier alpha value is -3.09. The maximum Gasteiger partial charge on any atom is 0.330 e. The van der Waals surface area contributed by atoms with Crippen molar-refractivity contribution < 1.29 is 4.79 Å². The van der Waals surface area contributed by atoms with Crippen LogP contribution in [-0.4, -0.2) is 22.0 Å². The van der Waals surface area contributed by atoms with Crippen LogP contribution in [0.15, 0.2) is 52.1 Å². The Morgan fingerprint density at radius 1 is 1.28 bits per heavy atom. The highest BCUT2D eigenvalue weighted by molar-refractivity contribution is 5.95. The van der Waals surface area contributed by atoms with Crippen LogP contribution in [0.5, 0.6) is 0 Å². The van der Waals surface area contributed by atoms with E-state index in [0.717, 1.165) is 31.2 Å². The second kappa shape index (κ2) is 9.41. The number of hydrogen-bond donors (Lipinski definition) is 2. The van der Waals surface area contributed by atoms with Crippen molar-refractivity contribution in [2.24, 2.45) is 5.92 Å². The molecule has 1 aliphatic carbocycles. The Labute approximate surface area is 169 Å². The maximum atomic E-state index is 13.1. The predicted octanol–water partition coefficient (Wildman–Crippen LogP) is 2.66. The van der Waals surface area contributed by atoms with E-state index in [1.807, 2.05) is 37.3 Å². The third-order valence-corrected chi connectivity index (χ3v) is 5.25. The summed E-state index contributed by atoms with van der Waals surface area (Å²) in [6.07, 6.45) is 7.98. The first-order valence-corrected chi connectivity index (χ1v) is 10.1. The average molecular weight is 396 g/mol. The summed E-state index contributed by atoms with van der Waals surface area (Å²) in [6.45, 7) is 2.63. The van der Waals surface area contributed by atoms with E-state index in [4.69, 9.17) is 5.73 Å². The molecule has 3 rings (SSSR count). The van der Waals surface area contributed by atoms with Gasteiger partial charge in [0.1, 0.15) is 5.82 Å². The van der Waals surface area contributed by atoms with Gasteiger partial charge in [0.25, 0.3) is 5.56 Å². The van der Waals surface area contributed by atoms with Crippen LogP contribution in [0.3, 0.4) is 0 Å². The normalized spacial score (nSPS) is 15.6. The molecule has 7 nitrogen and oxygen atoms in total. The van der Waals surface area contributed by atoms with E-state index >= 15 is 0 Å². The zero-order chi connectivity index (χ0) is 20.8. The van der Waals surface area contributed by atoms with Crippen molar-refractivity contribution in [3.8, 4) is 0 Å². The van der Waals surface area contributed by atoms with Crippen molar-refractivity contribution in [2.45, 2.75) is 45.6 Å². The monoisotopic (exact) mass is 396 g/mol. The largest absolute Gasteiger partial charge is 0.383 e. The van der Waals surface area contributed by atoms with Crippen LogP contribution in [0, 0.1) is 5.92 Å². The van der Waals surface area contributed by atoms with Crippen LogP contribution in [0.25, 0.3) is 0 Å². The number of unbranched alkanes of at least 4 members (excludes halogenated alkanes) is 1. The highest BCUT2D eigenvalue weighted by Crippen LogP contribution is 2.25. The van der Waals surface area contributed by atoms with Gasteiger partial charge in [0, 0.05) is 13.0 Å². The van der Waals surface area contributed by atoms with Gasteiger partial charge in [0.15, 0.2) is 5.69 Å². The minimum absolute atomic E-state index is 0.0222. The second-order valence-electron chi connectivity index (χ2n) is 7.43. The molecule has 1 aromatic heterocycles. The molecule has 1 aromatic carbocycles. The molecule has 2 aromatic rings. The van der Waals surface area contributed by atoms with Crippen molar-refractivity contribution in [3.05, 3.63) is 68.9 Å². The number of allylic oxidation sites excluding steroid dienone is 2. The first kappa shape index (κ1) is 20.6. The fourth-order valence-electron chi connectivity index (χ4n) is 3.64. The highest BCUT2D eigenvalue weighted by atomic mass is 16.2. The van der Waals surface area contributed by atoms with Gasteiger partial charge in [-0.3, -0.25) is 19.1 Å². The first-order chi connectivity index (χ1) is 14.0. The number of aromatic amines is 1. The van der Waals surface area contributed by atoms with Crippen molar-refractivity contribution in [1.82, 2.24) is 9.55 Å². The Morgan fingerprint density at radius 2 is 2.03 bits per heavy atom. The van der Waals surface area contributed by atoms with Gasteiger partial charge < -0.3 is 10.6 Å². The fourth-order valence-corrected chi connectivity index (χ4v) is 3.64. The zero-order valence-electron chi connectivity index (χ0n) is 16.8. The lowest BCUT2D eigenvalue weighted by atomic mass is 10.0. The summed E-state index contributed by atoms with van der Waals surface area (Å²) in [5.41, 5.74) is 6.03. The number of hydrogen-bond acceptors (Lipinski definition) is 4. The molecular formula is C22H28N4O3. The van der Waals surface area contributed by atoms with Gasteiger partial charge in [0.2, 0.25) is 5.91 Å². The topological polar surface area (TPSA) is 101 Å². The summed E-state index contributed by atoms with van der Waals surface area (Å²) in [4.78, 5) is 41.9. The number of benzene rings is 1. The minimum atomic E-state index is -0.622. The number of nitrogens with two attached hydrogens (primary N) is 1. The van der Waals surface area contributed by atoms with Crippen molar-refractivity contribution in [2.75, 3.05) is 17.2 Å². The second-order valence-corrected chi connectivity index (χ2v) is 7.43. The number of nitrogens with zero attached hydrogens (tertiary/aromatic N) is 2. The van der Waals surface area contributed by atoms with Gasteiger partial charge in [0.05, 0.1) is 6.54 Å². The molecule has 1 amide bonds. The molecule has 0 radical (unpaired) electrons. The van der Waals surface area contributed by atoms with Crippen LogP contribution < -0.4 is 21.9 Å². The van der Waals surface area contributed by atoms with E-state index in [0.29, 0.717) is 13.0 Å². The fraction of sp³-hybridized carbons (Fsp3) is 0.409. The Bertz CT molecular complexity index is 991. The van der Waals surface area contributed by atoms with Gasteiger partial charge in [-0.2, -0.15) is 0 Å². The van der Waals surface area contributed by atoms with E-state index in [1.54, 1.807) is 0 Å². The van der Waals surface area contributed by atoms with Crippen LogP contribution in [0.1, 0.15) is 44.6 Å². The molecule has 29 heavy (non-hydrogen) atoms. The van der Waals surface area contributed by atoms with Crippen molar-refractivity contribution in [3.63, 3.8) is 0 Å². The van der Waals surface area contributed by atoms with E-state index in [2.05, 4.69) is 17.1 Å². The number of aromatic nitrogens is 2. The molecule has 1 atom stereocenters. The van der Waals surface area contributed by atoms with Crippen LogP contribution in [0.4, 0.5) is 11.5 Å². The van der Waals surface area contributed by atoms with E-state index < -0.39 is 11.2 Å². The molecule has 1 aliphatic rings. The number of rotatable bonds is 8. The Morgan fingerprint density at radius 3 is 2.69 bits per heavy atom. The molecule has 0 aliphatic heterocycles. The standard InChI is InChI=1S/C22H28N4O3/c1-2-3-13-25(18(27)14-16-9-7-8-10-16)19-20(23)26(22(29)24-21(19)28)15-17-11-5-4-6-12-17/h4-7,9,11-12,16H,2-3,8,10,13-15,23H2,1H3,(H,24,28,29). The summed E-state index contributed by atoms with van der Waals surface area (Å²) in [6, 6.07) is 9.38. The van der Waals surface area contributed by atoms with E-state index in [-0.39, 0.29) is 29.9 Å². The summed E-state index contributed by atoms with van der Waals surface area (Å²) in [7, 11) is 0. The van der Waals surface area contributed by atoms with E-state index in [9.17, 15) is 14.4 Å². The third kappa shape index (κ3) is 4.85. The maximum absolute atomic E-state index is 13.1. The Balaban J connectivity index is 1.98. The summed E-state index contributed by atoms with van der Waals surface area (Å²) >= 11 is 0. The quantitative estimate of drug-likeness (QED) is 0.670. The van der Waals surface area contributed by atoms with Crippen molar-refractivity contribution in [1.29, 1.82) is 0 Å². The number of anilines is 2. The molecule has 0 spiro atoms. The molecule has 0 saturated carbocycles.